The highest BCUT2D eigenvalue weighted by Gasteiger charge is 2.15. The van der Waals surface area contributed by atoms with E-state index >= 15 is 0 Å². The molecule has 0 bridgehead atoms. The van der Waals surface area contributed by atoms with Gasteiger partial charge in [0.2, 0.25) is 0 Å². The Balaban J connectivity index is 2.10. The number of halogens is 2. The Kier molecular flexibility index (Phi) is 3.72. The third kappa shape index (κ3) is 2.62. The molecule has 0 spiro atoms. The number of nitro groups is 1. The summed E-state index contributed by atoms with van der Waals surface area (Å²) in [6.45, 7) is 0. The monoisotopic (exact) mass is 318 g/mol. The van der Waals surface area contributed by atoms with Crippen LogP contribution in [-0.4, -0.2) is 9.91 Å². The molecule has 0 saturated heterocycles. The van der Waals surface area contributed by atoms with E-state index in [0.29, 0.717) is 20.6 Å². The average Bonchev–Trinajstić information content (AvgIpc) is 2.51. The molecular formula is C15H8F2N2O2S. The minimum atomic E-state index is -0.933. The summed E-state index contributed by atoms with van der Waals surface area (Å²) in [6, 6.07) is 8.22. The van der Waals surface area contributed by atoms with Crippen LogP contribution >= 0.6 is 11.8 Å². The molecule has 0 unspecified atom stereocenters. The van der Waals surface area contributed by atoms with Crippen LogP contribution < -0.4 is 0 Å². The molecule has 3 rings (SSSR count). The van der Waals surface area contributed by atoms with Crippen molar-refractivity contribution in [2.75, 3.05) is 0 Å². The van der Waals surface area contributed by atoms with Crippen LogP contribution in [0.3, 0.4) is 0 Å². The van der Waals surface area contributed by atoms with Crippen LogP contribution in [0, 0.1) is 21.7 Å². The van der Waals surface area contributed by atoms with E-state index in [1.807, 2.05) is 0 Å². The molecule has 1 heterocycles. The molecule has 0 atom stereocenters. The highest BCUT2D eigenvalue weighted by molar-refractivity contribution is 7.99. The van der Waals surface area contributed by atoms with Gasteiger partial charge in [0.25, 0.3) is 5.69 Å². The number of rotatable bonds is 3. The van der Waals surface area contributed by atoms with Crippen LogP contribution in [0.5, 0.6) is 0 Å². The fourth-order valence-electron chi connectivity index (χ4n) is 2.06. The fraction of sp³-hybridized carbons (Fsp3) is 0. The smallest absolute Gasteiger partial charge is 0.264 e. The van der Waals surface area contributed by atoms with Crippen LogP contribution in [0.4, 0.5) is 14.5 Å². The summed E-state index contributed by atoms with van der Waals surface area (Å²) in [7, 11) is 0. The van der Waals surface area contributed by atoms with Gasteiger partial charge in [-0.05, 0) is 30.3 Å². The van der Waals surface area contributed by atoms with Gasteiger partial charge in [0.05, 0.1) is 10.3 Å². The molecule has 0 fully saturated rings. The standard InChI is InChI=1S/C15H8F2N2O2S/c16-12-2-1-9(7-13(12)17)22-15-4-3-14(19(20)21)11-8-18-6-5-10(11)15/h1-8H. The van der Waals surface area contributed by atoms with Gasteiger partial charge in [-0.25, -0.2) is 8.78 Å². The van der Waals surface area contributed by atoms with Gasteiger partial charge in [-0.1, -0.05) is 11.8 Å². The van der Waals surface area contributed by atoms with E-state index in [0.717, 1.165) is 12.1 Å². The Morgan fingerprint density at radius 3 is 2.59 bits per heavy atom. The van der Waals surface area contributed by atoms with Crippen LogP contribution in [0.2, 0.25) is 0 Å². The van der Waals surface area contributed by atoms with Crippen molar-refractivity contribution in [1.82, 2.24) is 4.98 Å². The van der Waals surface area contributed by atoms with Crippen LogP contribution in [-0.2, 0) is 0 Å². The topological polar surface area (TPSA) is 56.0 Å². The van der Waals surface area contributed by atoms with E-state index in [1.165, 1.54) is 36.3 Å². The van der Waals surface area contributed by atoms with E-state index in [2.05, 4.69) is 4.98 Å². The molecule has 0 saturated carbocycles. The second kappa shape index (κ2) is 5.69. The number of pyridine rings is 1. The lowest BCUT2D eigenvalue weighted by molar-refractivity contribution is -0.383. The first-order chi connectivity index (χ1) is 10.6. The molecule has 0 radical (unpaired) electrons. The van der Waals surface area contributed by atoms with Crippen molar-refractivity contribution in [3.8, 4) is 0 Å². The minimum Gasteiger partial charge on any atom is -0.264 e. The molecule has 0 aliphatic carbocycles. The molecule has 1 aromatic heterocycles. The highest BCUT2D eigenvalue weighted by atomic mass is 32.2. The van der Waals surface area contributed by atoms with Crippen molar-refractivity contribution in [3.05, 3.63) is 70.5 Å². The minimum absolute atomic E-state index is 0.0438. The molecule has 3 aromatic rings. The van der Waals surface area contributed by atoms with E-state index < -0.39 is 16.6 Å². The number of nitro benzene ring substituents is 1. The van der Waals surface area contributed by atoms with Crippen molar-refractivity contribution < 1.29 is 13.7 Å². The second-order valence-corrected chi connectivity index (χ2v) is 5.55. The Hall–Kier alpha value is -2.54. The van der Waals surface area contributed by atoms with E-state index in [4.69, 9.17) is 0 Å². The number of non-ortho nitro benzene ring substituents is 1. The number of aromatic nitrogens is 1. The van der Waals surface area contributed by atoms with Crippen molar-refractivity contribution in [3.63, 3.8) is 0 Å². The highest BCUT2D eigenvalue weighted by Crippen LogP contribution is 2.37. The number of nitrogens with zero attached hydrogens (tertiary/aromatic N) is 2. The van der Waals surface area contributed by atoms with Gasteiger partial charge in [-0.2, -0.15) is 0 Å². The lowest BCUT2D eigenvalue weighted by Gasteiger charge is -2.07. The molecule has 0 N–H and O–H groups in total. The van der Waals surface area contributed by atoms with Crippen molar-refractivity contribution in [2.24, 2.45) is 0 Å². The maximum Gasteiger partial charge on any atom is 0.278 e. The van der Waals surface area contributed by atoms with Crippen LogP contribution in [0.25, 0.3) is 10.8 Å². The maximum atomic E-state index is 13.3. The third-order valence-corrected chi connectivity index (χ3v) is 4.14. The number of hydrogen-bond acceptors (Lipinski definition) is 4. The Bertz CT molecular complexity index is 887. The molecule has 0 aliphatic heterocycles. The molecule has 22 heavy (non-hydrogen) atoms. The van der Waals surface area contributed by atoms with Gasteiger partial charge in [0.1, 0.15) is 0 Å². The number of hydrogen-bond donors (Lipinski definition) is 0. The molecule has 110 valence electrons. The summed E-state index contributed by atoms with van der Waals surface area (Å²) in [6.07, 6.45) is 2.95. The summed E-state index contributed by atoms with van der Waals surface area (Å²) >= 11 is 1.20. The lowest BCUT2D eigenvalue weighted by Crippen LogP contribution is -1.91. The molecule has 0 amide bonds. The third-order valence-electron chi connectivity index (χ3n) is 3.07. The van der Waals surface area contributed by atoms with Gasteiger partial charge in [0.15, 0.2) is 11.6 Å². The van der Waals surface area contributed by atoms with Gasteiger partial charge < -0.3 is 0 Å². The summed E-state index contributed by atoms with van der Waals surface area (Å²) in [4.78, 5) is 15.7. The fourth-order valence-corrected chi connectivity index (χ4v) is 3.04. The van der Waals surface area contributed by atoms with E-state index in [-0.39, 0.29) is 5.69 Å². The summed E-state index contributed by atoms with van der Waals surface area (Å²) in [5, 5.41) is 12.1. The zero-order valence-corrected chi connectivity index (χ0v) is 11.8. The van der Waals surface area contributed by atoms with Crippen molar-refractivity contribution >= 4 is 28.2 Å². The summed E-state index contributed by atoms with van der Waals surface area (Å²) in [5.74, 6) is -1.85. The Morgan fingerprint density at radius 2 is 1.86 bits per heavy atom. The Labute approximate surface area is 127 Å². The van der Waals surface area contributed by atoms with Crippen LogP contribution in [0.15, 0.2) is 58.6 Å². The Morgan fingerprint density at radius 1 is 1.05 bits per heavy atom. The van der Waals surface area contributed by atoms with Gasteiger partial charge in [-0.3, -0.25) is 15.1 Å². The zero-order valence-electron chi connectivity index (χ0n) is 11.0. The van der Waals surface area contributed by atoms with Gasteiger partial charge in [-0.15, -0.1) is 0 Å². The molecule has 4 nitrogen and oxygen atoms in total. The molecule has 0 aliphatic rings. The summed E-state index contributed by atoms with van der Waals surface area (Å²) in [5.41, 5.74) is -0.0438. The van der Waals surface area contributed by atoms with Crippen molar-refractivity contribution in [2.45, 2.75) is 9.79 Å². The largest absolute Gasteiger partial charge is 0.278 e. The van der Waals surface area contributed by atoms with Crippen LogP contribution in [0.1, 0.15) is 0 Å². The van der Waals surface area contributed by atoms with Gasteiger partial charge >= 0.3 is 0 Å². The second-order valence-electron chi connectivity index (χ2n) is 4.44. The van der Waals surface area contributed by atoms with Crippen molar-refractivity contribution in [1.29, 1.82) is 0 Å². The molecular weight excluding hydrogens is 310 g/mol. The normalized spacial score (nSPS) is 10.8. The molecule has 2 aromatic carbocycles. The van der Waals surface area contributed by atoms with Gasteiger partial charge in [0, 0.05) is 33.6 Å². The van der Waals surface area contributed by atoms with E-state index in [1.54, 1.807) is 12.1 Å². The first kappa shape index (κ1) is 14.4. The maximum absolute atomic E-state index is 13.3. The molecule has 7 heteroatoms. The van der Waals surface area contributed by atoms with E-state index in [9.17, 15) is 18.9 Å². The zero-order chi connectivity index (χ0) is 15.7. The SMILES string of the molecule is O=[N+]([O-])c1ccc(Sc2ccc(F)c(F)c2)c2ccncc12. The lowest BCUT2D eigenvalue weighted by atomic mass is 10.1. The number of fused-ring (bicyclic) bond motifs is 1. The average molecular weight is 318 g/mol. The predicted octanol–water partition coefficient (Wildman–Crippen LogP) is 4.57. The first-order valence-electron chi connectivity index (χ1n) is 6.20. The quantitative estimate of drug-likeness (QED) is 0.524. The predicted molar refractivity (Wildman–Crippen MR) is 78.9 cm³/mol. The summed E-state index contributed by atoms with van der Waals surface area (Å²) < 4.78 is 26.2. The number of benzene rings is 2. The first-order valence-corrected chi connectivity index (χ1v) is 7.02.